The van der Waals surface area contributed by atoms with Crippen molar-refractivity contribution in [1.29, 1.82) is 0 Å². The topological polar surface area (TPSA) is 84.2 Å². The van der Waals surface area contributed by atoms with Gasteiger partial charge in [-0.3, -0.25) is 9.48 Å². The van der Waals surface area contributed by atoms with Crippen LogP contribution >= 0.6 is 11.6 Å². The zero-order valence-electron chi connectivity index (χ0n) is 13.7. The number of aliphatic carboxylic acids is 1. The summed E-state index contributed by atoms with van der Waals surface area (Å²) in [6, 6.07) is 14.1. The fourth-order valence-electron chi connectivity index (χ4n) is 2.59. The van der Waals surface area contributed by atoms with Gasteiger partial charge >= 0.3 is 5.97 Å². The van der Waals surface area contributed by atoms with Crippen molar-refractivity contribution < 1.29 is 14.7 Å². The molecule has 3 aromatic rings. The normalized spacial score (nSPS) is 11.7. The van der Waals surface area contributed by atoms with Crippen LogP contribution in [0, 0.1) is 0 Å². The first-order chi connectivity index (χ1) is 12.5. The minimum absolute atomic E-state index is 0.285. The summed E-state index contributed by atoms with van der Waals surface area (Å²) in [5.74, 6) is -1.67. The van der Waals surface area contributed by atoms with E-state index in [1.54, 1.807) is 53.3 Å². The number of carbonyl (C=O) groups excluding carboxylic acids is 1. The standard InChI is InChI=1S/C19H16ClN3O3/c20-16-8-2-1-7-15(16)17(19(25)26)22-18(24)14-6-3-5-13(11-14)12-23-10-4-9-21-23/h1-11,17H,12H2,(H,22,24)(H,25,26). The monoisotopic (exact) mass is 369 g/mol. The van der Waals surface area contributed by atoms with Gasteiger partial charge in [-0.2, -0.15) is 5.10 Å². The Morgan fingerprint density at radius 3 is 2.65 bits per heavy atom. The van der Waals surface area contributed by atoms with Crippen molar-refractivity contribution in [3.63, 3.8) is 0 Å². The van der Waals surface area contributed by atoms with E-state index in [0.717, 1.165) is 5.56 Å². The number of benzene rings is 2. The van der Waals surface area contributed by atoms with Gasteiger partial charge in [0.05, 0.1) is 6.54 Å². The van der Waals surface area contributed by atoms with Crippen molar-refractivity contribution in [2.75, 3.05) is 0 Å². The van der Waals surface area contributed by atoms with Crippen LogP contribution in [0.15, 0.2) is 67.0 Å². The maximum absolute atomic E-state index is 12.6. The highest BCUT2D eigenvalue weighted by Gasteiger charge is 2.24. The number of halogens is 1. The molecule has 0 radical (unpaired) electrons. The molecular formula is C19H16ClN3O3. The fourth-order valence-corrected chi connectivity index (χ4v) is 2.83. The van der Waals surface area contributed by atoms with Gasteiger partial charge in [0.2, 0.25) is 0 Å². The number of rotatable bonds is 6. The molecule has 7 heteroatoms. The van der Waals surface area contributed by atoms with E-state index in [1.807, 2.05) is 18.3 Å². The summed E-state index contributed by atoms with van der Waals surface area (Å²) >= 11 is 6.07. The lowest BCUT2D eigenvalue weighted by molar-refractivity contribution is -0.139. The second kappa shape index (κ2) is 7.84. The Bertz CT molecular complexity index is 925. The second-order valence-corrected chi connectivity index (χ2v) is 6.08. The SMILES string of the molecule is O=C(NC(C(=O)O)c1ccccc1Cl)c1cccc(Cn2cccn2)c1. The Balaban J connectivity index is 1.80. The molecular weight excluding hydrogens is 354 g/mol. The van der Waals surface area contributed by atoms with Crippen molar-refractivity contribution in [2.45, 2.75) is 12.6 Å². The van der Waals surface area contributed by atoms with Gasteiger partial charge in [0.15, 0.2) is 6.04 Å². The van der Waals surface area contributed by atoms with Gasteiger partial charge in [0, 0.05) is 28.5 Å². The Labute approximate surface area is 155 Å². The Morgan fingerprint density at radius 2 is 1.96 bits per heavy atom. The number of hydrogen-bond acceptors (Lipinski definition) is 3. The molecule has 0 saturated carbocycles. The van der Waals surface area contributed by atoms with E-state index in [4.69, 9.17) is 11.6 Å². The van der Waals surface area contributed by atoms with Gasteiger partial charge in [0.1, 0.15) is 0 Å². The molecule has 0 saturated heterocycles. The first kappa shape index (κ1) is 17.7. The molecule has 0 aliphatic rings. The van der Waals surface area contributed by atoms with Gasteiger partial charge in [-0.15, -0.1) is 0 Å². The number of carbonyl (C=O) groups is 2. The quantitative estimate of drug-likeness (QED) is 0.699. The van der Waals surface area contributed by atoms with Crippen molar-refractivity contribution in [1.82, 2.24) is 15.1 Å². The first-order valence-electron chi connectivity index (χ1n) is 7.89. The third-order valence-electron chi connectivity index (χ3n) is 3.83. The summed E-state index contributed by atoms with van der Waals surface area (Å²) in [6.07, 6.45) is 3.50. The number of carboxylic acid groups (broad SMARTS) is 1. The van der Waals surface area contributed by atoms with Gasteiger partial charge in [-0.05, 0) is 29.8 Å². The fraction of sp³-hybridized carbons (Fsp3) is 0.105. The van der Waals surface area contributed by atoms with E-state index in [2.05, 4.69) is 10.4 Å². The van der Waals surface area contributed by atoms with Crippen LogP contribution in [0.2, 0.25) is 5.02 Å². The number of carboxylic acids is 1. The predicted molar refractivity (Wildman–Crippen MR) is 97.1 cm³/mol. The Morgan fingerprint density at radius 1 is 1.15 bits per heavy atom. The van der Waals surface area contributed by atoms with E-state index < -0.39 is 17.9 Å². The van der Waals surface area contributed by atoms with Crippen LogP contribution in [0.3, 0.4) is 0 Å². The molecule has 1 unspecified atom stereocenters. The number of amides is 1. The van der Waals surface area contributed by atoms with E-state index in [0.29, 0.717) is 17.7 Å². The second-order valence-electron chi connectivity index (χ2n) is 5.67. The lowest BCUT2D eigenvalue weighted by atomic mass is 10.1. The van der Waals surface area contributed by atoms with Crippen molar-refractivity contribution in [2.24, 2.45) is 0 Å². The van der Waals surface area contributed by atoms with E-state index >= 15 is 0 Å². The van der Waals surface area contributed by atoms with E-state index in [1.165, 1.54) is 0 Å². The molecule has 2 aromatic carbocycles. The van der Waals surface area contributed by atoms with Gasteiger partial charge in [-0.25, -0.2) is 4.79 Å². The highest BCUT2D eigenvalue weighted by atomic mass is 35.5. The molecule has 1 amide bonds. The third-order valence-corrected chi connectivity index (χ3v) is 4.18. The zero-order chi connectivity index (χ0) is 18.5. The smallest absolute Gasteiger partial charge is 0.330 e. The average molecular weight is 370 g/mol. The Hall–Kier alpha value is -3.12. The molecule has 1 aromatic heterocycles. The summed E-state index contributed by atoms with van der Waals surface area (Å²) in [6.45, 7) is 0.515. The van der Waals surface area contributed by atoms with Crippen molar-refractivity contribution >= 4 is 23.5 Å². The van der Waals surface area contributed by atoms with Crippen LogP contribution in [0.4, 0.5) is 0 Å². The molecule has 2 N–H and O–H groups in total. The lowest BCUT2D eigenvalue weighted by Crippen LogP contribution is -2.34. The minimum atomic E-state index is -1.23. The highest BCUT2D eigenvalue weighted by Crippen LogP contribution is 2.23. The molecule has 132 valence electrons. The summed E-state index contributed by atoms with van der Waals surface area (Å²) in [5.41, 5.74) is 1.58. The number of nitrogens with zero attached hydrogens (tertiary/aromatic N) is 2. The molecule has 26 heavy (non-hydrogen) atoms. The molecule has 3 rings (SSSR count). The van der Waals surface area contributed by atoms with Crippen LogP contribution in [0.1, 0.15) is 27.5 Å². The van der Waals surface area contributed by atoms with Crippen LogP contribution in [-0.2, 0) is 11.3 Å². The van der Waals surface area contributed by atoms with Crippen LogP contribution < -0.4 is 5.32 Å². The molecule has 0 aliphatic heterocycles. The van der Waals surface area contributed by atoms with E-state index in [-0.39, 0.29) is 5.02 Å². The number of aromatic nitrogens is 2. The average Bonchev–Trinajstić information content (AvgIpc) is 3.13. The molecule has 0 aliphatic carbocycles. The molecule has 0 fully saturated rings. The molecule has 0 spiro atoms. The summed E-state index contributed by atoms with van der Waals surface area (Å²) in [7, 11) is 0. The zero-order valence-corrected chi connectivity index (χ0v) is 14.4. The van der Waals surface area contributed by atoms with E-state index in [9.17, 15) is 14.7 Å². The molecule has 6 nitrogen and oxygen atoms in total. The van der Waals surface area contributed by atoms with Crippen LogP contribution in [0.25, 0.3) is 0 Å². The van der Waals surface area contributed by atoms with Gasteiger partial charge < -0.3 is 10.4 Å². The number of hydrogen-bond donors (Lipinski definition) is 2. The van der Waals surface area contributed by atoms with Crippen LogP contribution in [0.5, 0.6) is 0 Å². The molecule has 0 bridgehead atoms. The van der Waals surface area contributed by atoms with Crippen molar-refractivity contribution in [3.05, 3.63) is 88.7 Å². The Kier molecular flexibility index (Phi) is 5.34. The summed E-state index contributed by atoms with van der Waals surface area (Å²) in [5, 5.41) is 16.4. The number of nitrogens with one attached hydrogen (secondary N) is 1. The molecule has 1 heterocycles. The minimum Gasteiger partial charge on any atom is -0.479 e. The maximum Gasteiger partial charge on any atom is 0.330 e. The highest BCUT2D eigenvalue weighted by molar-refractivity contribution is 6.31. The molecule has 1 atom stereocenters. The largest absolute Gasteiger partial charge is 0.479 e. The summed E-state index contributed by atoms with van der Waals surface area (Å²) in [4.78, 5) is 24.2. The lowest BCUT2D eigenvalue weighted by Gasteiger charge is -2.16. The summed E-state index contributed by atoms with van der Waals surface area (Å²) < 4.78 is 1.74. The maximum atomic E-state index is 12.6. The third kappa shape index (κ3) is 4.10. The predicted octanol–water partition coefficient (Wildman–Crippen LogP) is 3.14. The van der Waals surface area contributed by atoms with Gasteiger partial charge in [-0.1, -0.05) is 41.9 Å². The van der Waals surface area contributed by atoms with Gasteiger partial charge in [0.25, 0.3) is 5.91 Å². The van der Waals surface area contributed by atoms with Crippen molar-refractivity contribution in [3.8, 4) is 0 Å². The van der Waals surface area contributed by atoms with Crippen LogP contribution in [-0.4, -0.2) is 26.8 Å². The first-order valence-corrected chi connectivity index (χ1v) is 8.27.